The molecule has 0 N–H and O–H groups in total. The third-order valence-corrected chi connectivity index (χ3v) is 2.57. The van der Waals surface area contributed by atoms with Crippen molar-refractivity contribution in [3.05, 3.63) is 35.4 Å². The second-order valence-electron chi connectivity index (χ2n) is 4.33. The lowest BCUT2D eigenvalue weighted by molar-refractivity contribution is 0.182. The van der Waals surface area contributed by atoms with E-state index in [0.717, 1.165) is 13.0 Å². The summed E-state index contributed by atoms with van der Waals surface area (Å²) in [6.45, 7) is 2.82. The second-order valence-corrected chi connectivity index (χ2v) is 4.33. The largest absolute Gasteiger partial charge is 0.331 e. The Labute approximate surface area is 97.7 Å². The van der Waals surface area contributed by atoms with Gasteiger partial charge in [-0.15, -0.1) is 0 Å². The fraction of sp³-hybridized carbons (Fsp3) is 0.462. The Morgan fingerprint density at radius 1 is 1.12 bits per heavy atom. The first-order valence-corrected chi connectivity index (χ1v) is 5.48. The summed E-state index contributed by atoms with van der Waals surface area (Å²) >= 11 is 0. The van der Waals surface area contributed by atoms with E-state index in [1.807, 2.05) is 7.05 Å². The predicted molar refractivity (Wildman–Crippen MR) is 66.6 cm³/mol. The van der Waals surface area contributed by atoms with Gasteiger partial charge in [0, 0.05) is 27.7 Å². The van der Waals surface area contributed by atoms with E-state index in [1.54, 1.807) is 23.9 Å². The first-order valence-electron chi connectivity index (χ1n) is 5.48. The van der Waals surface area contributed by atoms with Gasteiger partial charge in [0.2, 0.25) is 0 Å². The van der Waals surface area contributed by atoms with E-state index in [0.29, 0.717) is 0 Å². The molecule has 3 heteroatoms. The van der Waals surface area contributed by atoms with E-state index in [9.17, 15) is 4.79 Å². The topological polar surface area (TPSA) is 23.6 Å². The van der Waals surface area contributed by atoms with Gasteiger partial charge in [0.05, 0.1) is 0 Å². The lowest BCUT2D eigenvalue weighted by atomic mass is 10.1. The van der Waals surface area contributed by atoms with Gasteiger partial charge in [0.1, 0.15) is 0 Å². The van der Waals surface area contributed by atoms with Gasteiger partial charge in [-0.2, -0.15) is 0 Å². The Bertz CT molecular complexity index is 343. The van der Waals surface area contributed by atoms with Crippen molar-refractivity contribution in [1.29, 1.82) is 0 Å². The number of amides is 2. The summed E-state index contributed by atoms with van der Waals surface area (Å²) in [4.78, 5) is 14.9. The van der Waals surface area contributed by atoms with Crippen molar-refractivity contribution in [1.82, 2.24) is 9.80 Å². The quantitative estimate of drug-likeness (QED) is 0.765. The molecule has 0 unspecified atom stereocenters. The summed E-state index contributed by atoms with van der Waals surface area (Å²) in [7, 11) is 5.37. The SMILES string of the molecule is Cc1ccc(CCN(C)C(=O)N(C)C)cc1. The van der Waals surface area contributed by atoms with Crippen LogP contribution in [0, 0.1) is 6.92 Å². The zero-order valence-corrected chi connectivity index (χ0v) is 10.5. The molecular formula is C13H20N2O. The summed E-state index contributed by atoms with van der Waals surface area (Å²) in [5.41, 5.74) is 2.53. The molecule has 0 spiro atoms. The maximum atomic E-state index is 11.6. The molecule has 0 fully saturated rings. The van der Waals surface area contributed by atoms with Crippen LogP contribution in [0.2, 0.25) is 0 Å². The minimum absolute atomic E-state index is 0.0483. The monoisotopic (exact) mass is 220 g/mol. The standard InChI is InChI=1S/C13H20N2O/c1-11-5-7-12(8-6-11)9-10-15(4)13(16)14(2)3/h5-8H,9-10H2,1-4H3. The average Bonchev–Trinajstić information content (AvgIpc) is 2.26. The van der Waals surface area contributed by atoms with Crippen molar-refractivity contribution in [3.63, 3.8) is 0 Å². The Hall–Kier alpha value is -1.51. The van der Waals surface area contributed by atoms with E-state index in [4.69, 9.17) is 0 Å². The molecule has 1 aromatic carbocycles. The van der Waals surface area contributed by atoms with Crippen LogP contribution in [-0.4, -0.2) is 43.5 Å². The molecule has 0 bridgehead atoms. The number of hydrogen-bond donors (Lipinski definition) is 0. The Kier molecular flexibility index (Phi) is 4.35. The summed E-state index contributed by atoms with van der Waals surface area (Å²) < 4.78 is 0. The van der Waals surface area contributed by atoms with Crippen LogP contribution in [-0.2, 0) is 6.42 Å². The highest BCUT2D eigenvalue weighted by atomic mass is 16.2. The molecule has 3 nitrogen and oxygen atoms in total. The molecule has 1 rings (SSSR count). The van der Waals surface area contributed by atoms with Gasteiger partial charge < -0.3 is 9.80 Å². The average molecular weight is 220 g/mol. The van der Waals surface area contributed by atoms with E-state index in [1.165, 1.54) is 11.1 Å². The molecule has 0 saturated carbocycles. The molecule has 0 atom stereocenters. The number of aryl methyl sites for hydroxylation is 1. The van der Waals surface area contributed by atoms with E-state index in [2.05, 4.69) is 31.2 Å². The summed E-state index contributed by atoms with van der Waals surface area (Å²) in [6.07, 6.45) is 0.899. The molecule has 0 saturated heterocycles. The lowest BCUT2D eigenvalue weighted by Crippen LogP contribution is -2.37. The van der Waals surface area contributed by atoms with Gasteiger partial charge in [-0.1, -0.05) is 29.8 Å². The van der Waals surface area contributed by atoms with Crippen molar-refractivity contribution in [2.75, 3.05) is 27.7 Å². The Morgan fingerprint density at radius 3 is 2.19 bits per heavy atom. The number of rotatable bonds is 3. The van der Waals surface area contributed by atoms with Crippen molar-refractivity contribution < 1.29 is 4.79 Å². The van der Waals surface area contributed by atoms with E-state index < -0.39 is 0 Å². The molecular weight excluding hydrogens is 200 g/mol. The number of carbonyl (C=O) groups is 1. The number of hydrogen-bond acceptors (Lipinski definition) is 1. The summed E-state index contributed by atoms with van der Waals surface area (Å²) in [5.74, 6) is 0. The highest BCUT2D eigenvalue weighted by Gasteiger charge is 2.09. The lowest BCUT2D eigenvalue weighted by Gasteiger charge is -2.21. The van der Waals surface area contributed by atoms with Crippen LogP contribution in [0.15, 0.2) is 24.3 Å². The Balaban J connectivity index is 2.45. The van der Waals surface area contributed by atoms with Gasteiger partial charge in [0.25, 0.3) is 0 Å². The fourth-order valence-electron chi connectivity index (χ4n) is 1.49. The number of urea groups is 1. The highest BCUT2D eigenvalue weighted by Crippen LogP contribution is 2.04. The molecule has 0 aliphatic heterocycles. The number of benzene rings is 1. The van der Waals surface area contributed by atoms with E-state index >= 15 is 0 Å². The fourth-order valence-corrected chi connectivity index (χ4v) is 1.49. The first kappa shape index (κ1) is 12.6. The van der Waals surface area contributed by atoms with Gasteiger partial charge in [-0.25, -0.2) is 4.79 Å². The number of carbonyl (C=O) groups excluding carboxylic acids is 1. The number of likely N-dealkylation sites (N-methyl/N-ethyl adjacent to an activating group) is 1. The smallest absolute Gasteiger partial charge is 0.319 e. The normalized spacial score (nSPS) is 10.0. The first-order chi connectivity index (χ1) is 7.50. The van der Waals surface area contributed by atoms with Crippen LogP contribution in [0.25, 0.3) is 0 Å². The maximum Gasteiger partial charge on any atom is 0.319 e. The third-order valence-electron chi connectivity index (χ3n) is 2.57. The summed E-state index contributed by atoms with van der Waals surface area (Å²) in [6, 6.07) is 8.48. The molecule has 1 aromatic rings. The van der Waals surface area contributed by atoms with Crippen LogP contribution in [0.5, 0.6) is 0 Å². The van der Waals surface area contributed by atoms with Crippen LogP contribution in [0.1, 0.15) is 11.1 Å². The van der Waals surface area contributed by atoms with Crippen molar-refractivity contribution in [2.24, 2.45) is 0 Å². The maximum absolute atomic E-state index is 11.6. The predicted octanol–water partition coefficient (Wildman–Crippen LogP) is 2.15. The van der Waals surface area contributed by atoms with Gasteiger partial charge >= 0.3 is 6.03 Å². The van der Waals surface area contributed by atoms with E-state index in [-0.39, 0.29) is 6.03 Å². The molecule has 0 heterocycles. The molecule has 16 heavy (non-hydrogen) atoms. The molecule has 88 valence electrons. The zero-order valence-electron chi connectivity index (χ0n) is 10.5. The van der Waals surface area contributed by atoms with Crippen LogP contribution >= 0.6 is 0 Å². The van der Waals surface area contributed by atoms with Gasteiger partial charge in [0.15, 0.2) is 0 Å². The second kappa shape index (κ2) is 5.54. The van der Waals surface area contributed by atoms with Gasteiger partial charge in [-0.3, -0.25) is 0 Å². The highest BCUT2D eigenvalue weighted by molar-refractivity contribution is 5.73. The van der Waals surface area contributed by atoms with Crippen molar-refractivity contribution >= 4 is 6.03 Å². The molecule has 0 aliphatic rings. The zero-order chi connectivity index (χ0) is 12.1. The third kappa shape index (κ3) is 3.57. The number of nitrogens with zero attached hydrogens (tertiary/aromatic N) is 2. The Morgan fingerprint density at radius 2 is 1.69 bits per heavy atom. The van der Waals surface area contributed by atoms with Crippen molar-refractivity contribution in [3.8, 4) is 0 Å². The molecule has 0 aliphatic carbocycles. The van der Waals surface area contributed by atoms with Crippen LogP contribution in [0.4, 0.5) is 4.79 Å². The van der Waals surface area contributed by atoms with Crippen LogP contribution in [0.3, 0.4) is 0 Å². The van der Waals surface area contributed by atoms with Crippen molar-refractivity contribution in [2.45, 2.75) is 13.3 Å². The minimum atomic E-state index is 0.0483. The summed E-state index contributed by atoms with van der Waals surface area (Å²) in [5, 5.41) is 0. The van der Waals surface area contributed by atoms with Gasteiger partial charge in [-0.05, 0) is 18.9 Å². The molecule has 2 amide bonds. The minimum Gasteiger partial charge on any atom is -0.331 e. The molecule has 0 radical (unpaired) electrons. The molecule has 0 aromatic heterocycles. The van der Waals surface area contributed by atoms with Crippen LogP contribution < -0.4 is 0 Å².